The number of rotatable bonds is 5. The third kappa shape index (κ3) is 5.47. The van der Waals surface area contributed by atoms with E-state index < -0.39 is 11.2 Å². The molecule has 1 aromatic carbocycles. The van der Waals surface area contributed by atoms with E-state index in [1.165, 1.54) is 69.1 Å². The van der Waals surface area contributed by atoms with E-state index in [9.17, 15) is 24.2 Å². The first-order chi connectivity index (χ1) is 21.4. The molecule has 2 aromatic heterocycles. The predicted molar refractivity (Wildman–Crippen MR) is 168 cm³/mol. The standard InChI is InChI=1S/C18H20FN5O2S.C8H12O2.C7H10O/c1-26-14-4-11(19)2-3-12(14)13-5-21-15-24(13)22-16(27-15)23-9-17(10-23)6-18(25,7-17)8-20;9-6-8(10)4-7(5-8)2-1-3-7;8-6-4-7(5-6)2-1-3-7/h2-5,25H,6-10,20H2,1H3;6,10H,1-5H2;1-5H2. The molecule has 10 nitrogen and oxygen atoms in total. The molecule has 9 rings (SSSR count). The van der Waals surface area contributed by atoms with Crippen molar-refractivity contribution in [2.45, 2.75) is 88.3 Å². The minimum atomic E-state index is -0.930. The zero-order valence-electron chi connectivity index (χ0n) is 25.8. The van der Waals surface area contributed by atoms with Gasteiger partial charge in [-0.1, -0.05) is 24.2 Å². The van der Waals surface area contributed by atoms with Gasteiger partial charge < -0.3 is 30.4 Å². The second kappa shape index (κ2) is 10.8. The van der Waals surface area contributed by atoms with Gasteiger partial charge in [0.05, 0.1) is 24.6 Å². The van der Waals surface area contributed by atoms with Crippen LogP contribution in [0.5, 0.6) is 5.75 Å². The van der Waals surface area contributed by atoms with E-state index in [4.69, 9.17) is 15.6 Å². The topological polar surface area (TPSA) is 143 Å². The molecule has 0 atom stereocenters. The summed E-state index contributed by atoms with van der Waals surface area (Å²) in [4.78, 5) is 28.2. The van der Waals surface area contributed by atoms with Crippen LogP contribution in [-0.2, 0) is 9.59 Å². The van der Waals surface area contributed by atoms with Crippen molar-refractivity contribution >= 4 is 33.5 Å². The zero-order chi connectivity index (χ0) is 31.7. The molecule has 242 valence electrons. The zero-order valence-corrected chi connectivity index (χ0v) is 26.6. The molecule has 5 saturated carbocycles. The van der Waals surface area contributed by atoms with Crippen molar-refractivity contribution in [3.63, 3.8) is 0 Å². The first-order valence-electron chi connectivity index (χ1n) is 16.0. The maximum absolute atomic E-state index is 13.5. The highest BCUT2D eigenvalue weighted by Gasteiger charge is 2.59. The molecule has 45 heavy (non-hydrogen) atoms. The van der Waals surface area contributed by atoms with Crippen LogP contribution < -0.4 is 15.4 Å². The number of aromatic nitrogens is 3. The van der Waals surface area contributed by atoms with Crippen molar-refractivity contribution in [1.82, 2.24) is 14.6 Å². The van der Waals surface area contributed by atoms with Gasteiger partial charge in [-0.15, -0.1) is 5.10 Å². The Balaban J connectivity index is 0.000000145. The van der Waals surface area contributed by atoms with Crippen molar-refractivity contribution in [1.29, 1.82) is 0 Å². The second-order valence-corrected chi connectivity index (χ2v) is 15.8. The number of imidazole rings is 1. The molecule has 1 aliphatic heterocycles. The molecular formula is C33H42FN5O5S. The number of nitrogens with zero attached hydrogens (tertiary/aromatic N) is 4. The van der Waals surface area contributed by atoms with Crippen LogP contribution in [0.3, 0.4) is 0 Å². The van der Waals surface area contributed by atoms with Gasteiger partial charge in [0.2, 0.25) is 10.1 Å². The molecule has 5 aliphatic carbocycles. The largest absolute Gasteiger partial charge is 0.496 e. The molecule has 3 heterocycles. The third-order valence-electron chi connectivity index (χ3n) is 11.2. The molecular weight excluding hydrogens is 597 g/mol. The number of hydrogen-bond acceptors (Lipinski definition) is 10. The number of carbonyl (C=O) groups excluding carboxylic acids is 2. The highest BCUT2D eigenvalue weighted by molar-refractivity contribution is 7.20. The van der Waals surface area contributed by atoms with Crippen LogP contribution in [0.2, 0.25) is 0 Å². The summed E-state index contributed by atoms with van der Waals surface area (Å²) >= 11 is 1.52. The Hall–Kier alpha value is -2.93. The summed E-state index contributed by atoms with van der Waals surface area (Å²) in [7, 11) is 1.52. The van der Waals surface area contributed by atoms with Crippen LogP contribution in [0.4, 0.5) is 9.52 Å². The van der Waals surface area contributed by atoms with E-state index in [-0.39, 0.29) is 11.2 Å². The van der Waals surface area contributed by atoms with Crippen molar-refractivity contribution in [3.05, 3.63) is 30.2 Å². The van der Waals surface area contributed by atoms with Crippen LogP contribution in [0, 0.1) is 22.1 Å². The van der Waals surface area contributed by atoms with Crippen molar-refractivity contribution in [3.8, 4) is 17.0 Å². The Morgan fingerprint density at radius 1 is 1.04 bits per heavy atom. The van der Waals surface area contributed by atoms with Crippen molar-refractivity contribution < 1.29 is 28.9 Å². The van der Waals surface area contributed by atoms with Gasteiger partial charge >= 0.3 is 0 Å². The number of ether oxygens (including phenoxy) is 1. The Morgan fingerprint density at radius 2 is 1.71 bits per heavy atom. The number of nitrogens with two attached hydrogens (primary N) is 1. The molecule has 0 unspecified atom stereocenters. The van der Waals surface area contributed by atoms with Gasteiger partial charge in [0.1, 0.15) is 23.0 Å². The summed E-state index contributed by atoms with van der Waals surface area (Å²) in [6.45, 7) is 2.07. The Kier molecular flexibility index (Phi) is 7.38. The predicted octanol–water partition coefficient (Wildman–Crippen LogP) is 4.30. The fraction of sp³-hybridized carbons (Fsp3) is 0.636. The number of Topliss-reactive ketones (excluding diaryl/α,β-unsaturated/α-hetero) is 1. The second-order valence-electron chi connectivity index (χ2n) is 14.9. The first-order valence-corrected chi connectivity index (χ1v) is 16.8. The Labute approximate surface area is 265 Å². The molecule has 12 heteroatoms. The van der Waals surface area contributed by atoms with E-state index in [2.05, 4.69) is 9.88 Å². The summed E-state index contributed by atoms with van der Waals surface area (Å²) in [5, 5.41) is 25.1. The summed E-state index contributed by atoms with van der Waals surface area (Å²) in [6, 6.07) is 4.44. The van der Waals surface area contributed by atoms with Gasteiger partial charge in [-0.2, -0.15) is 0 Å². The van der Waals surface area contributed by atoms with E-state index in [1.54, 1.807) is 16.8 Å². The van der Waals surface area contributed by atoms with Crippen LogP contribution in [0.1, 0.15) is 77.0 Å². The van der Waals surface area contributed by atoms with Crippen LogP contribution >= 0.6 is 11.3 Å². The molecule has 3 spiro atoms. The van der Waals surface area contributed by atoms with Crippen LogP contribution in [0.25, 0.3) is 16.2 Å². The number of benzene rings is 1. The fourth-order valence-corrected chi connectivity index (χ4v) is 9.53. The van der Waals surface area contributed by atoms with Gasteiger partial charge in [-0.05, 0) is 74.3 Å². The molecule has 0 bridgehead atoms. The van der Waals surface area contributed by atoms with E-state index in [0.717, 1.165) is 73.0 Å². The number of aldehydes is 1. The smallest absolute Gasteiger partial charge is 0.214 e. The molecule has 6 aliphatic rings. The minimum absolute atomic E-state index is 0.172. The van der Waals surface area contributed by atoms with E-state index in [1.807, 2.05) is 0 Å². The molecule has 0 radical (unpaired) electrons. The lowest BCUT2D eigenvalue weighted by Crippen LogP contribution is -2.69. The Bertz CT molecular complexity index is 1600. The summed E-state index contributed by atoms with van der Waals surface area (Å²) in [6.07, 6.45) is 15.0. The normalized spacial score (nSPS) is 27.0. The first kappa shape index (κ1) is 30.7. The lowest BCUT2D eigenvalue weighted by Gasteiger charge is -2.62. The molecule has 3 aromatic rings. The summed E-state index contributed by atoms with van der Waals surface area (Å²) in [5.41, 5.74) is 6.67. The highest BCUT2D eigenvalue weighted by atomic mass is 32.1. The minimum Gasteiger partial charge on any atom is -0.496 e. The highest BCUT2D eigenvalue weighted by Crippen LogP contribution is 2.59. The SMILES string of the molecule is COc1cc(F)ccc1-c1cnc2sc(N3CC4(C3)CC(O)(CN)C4)nn12.O=C1CC2(CCC2)C1.O=CC1(O)CC2(CCC2)C1. The number of hydrogen-bond donors (Lipinski definition) is 3. The number of carbonyl (C=O) groups is 2. The van der Waals surface area contributed by atoms with E-state index in [0.29, 0.717) is 35.2 Å². The molecule has 4 N–H and O–H groups in total. The molecule has 1 saturated heterocycles. The lowest BCUT2D eigenvalue weighted by atomic mass is 9.50. The average molecular weight is 640 g/mol. The summed E-state index contributed by atoms with van der Waals surface area (Å²) in [5.74, 6) is 0.591. The maximum Gasteiger partial charge on any atom is 0.214 e. The number of aliphatic hydroxyl groups is 2. The number of halogens is 1. The fourth-order valence-electron chi connectivity index (χ4n) is 8.66. The van der Waals surface area contributed by atoms with Crippen LogP contribution in [0.15, 0.2) is 24.4 Å². The lowest BCUT2D eigenvalue weighted by molar-refractivity contribution is -0.168. The third-order valence-corrected chi connectivity index (χ3v) is 12.2. The molecule has 0 amide bonds. The number of ketones is 1. The van der Waals surface area contributed by atoms with Gasteiger partial charge in [0.15, 0.2) is 6.29 Å². The van der Waals surface area contributed by atoms with Gasteiger partial charge in [0, 0.05) is 49.5 Å². The van der Waals surface area contributed by atoms with Gasteiger partial charge in [-0.25, -0.2) is 13.9 Å². The van der Waals surface area contributed by atoms with Crippen molar-refractivity contribution in [2.24, 2.45) is 22.0 Å². The molecule has 6 fully saturated rings. The maximum atomic E-state index is 13.5. The average Bonchev–Trinajstić information content (AvgIpc) is 3.50. The summed E-state index contributed by atoms with van der Waals surface area (Å²) < 4.78 is 20.6. The van der Waals surface area contributed by atoms with E-state index >= 15 is 0 Å². The monoisotopic (exact) mass is 639 g/mol. The quantitative estimate of drug-likeness (QED) is 0.348. The number of methoxy groups -OCH3 is 1. The number of anilines is 1. The number of fused-ring (bicyclic) bond motifs is 1. The van der Waals surface area contributed by atoms with Crippen LogP contribution in [-0.4, -0.2) is 74.8 Å². The van der Waals surface area contributed by atoms with Crippen molar-refractivity contribution in [2.75, 3.05) is 31.6 Å². The Morgan fingerprint density at radius 3 is 2.22 bits per heavy atom. The van der Waals surface area contributed by atoms with Gasteiger partial charge in [0.25, 0.3) is 0 Å². The van der Waals surface area contributed by atoms with Gasteiger partial charge in [-0.3, -0.25) is 4.79 Å².